The van der Waals surface area contributed by atoms with Crippen molar-refractivity contribution in [2.75, 3.05) is 0 Å². The van der Waals surface area contributed by atoms with E-state index in [-0.39, 0.29) is 5.82 Å². The summed E-state index contributed by atoms with van der Waals surface area (Å²) in [5, 5.41) is 5.75. The van der Waals surface area contributed by atoms with Gasteiger partial charge >= 0.3 is 0 Å². The maximum atomic E-state index is 13.0. The van der Waals surface area contributed by atoms with E-state index in [1.54, 1.807) is 11.3 Å². The number of benzene rings is 1. The molecule has 0 radical (unpaired) electrons. The van der Waals surface area contributed by atoms with Crippen molar-refractivity contribution in [2.24, 2.45) is 0 Å². The van der Waals surface area contributed by atoms with Gasteiger partial charge in [0.15, 0.2) is 0 Å². The second kappa shape index (κ2) is 4.82. The minimum Gasteiger partial charge on any atom is -0.310 e. The molecule has 1 nitrogen and oxygen atoms in total. The van der Waals surface area contributed by atoms with Crippen molar-refractivity contribution in [3.05, 3.63) is 45.9 Å². The summed E-state index contributed by atoms with van der Waals surface area (Å²) in [5.74, 6) is -0.177. The number of rotatable bonds is 4. The van der Waals surface area contributed by atoms with Gasteiger partial charge in [-0.05, 0) is 54.0 Å². The highest BCUT2D eigenvalue weighted by Gasteiger charge is 2.21. The van der Waals surface area contributed by atoms with Gasteiger partial charge in [0.05, 0.1) is 0 Å². The van der Waals surface area contributed by atoms with Crippen LogP contribution in [0.3, 0.4) is 0 Å². The van der Waals surface area contributed by atoms with Gasteiger partial charge in [-0.3, -0.25) is 0 Å². The van der Waals surface area contributed by atoms with Crippen molar-refractivity contribution in [1.29, 1.82) is 0 Å². The molecule has 0 amide bonds. The maximum Gasteiger partial charge on any atom is 0.123 e. The van der Waals surface area contributed by atoms with E-state index in [2.05, 4.69) is 17.6 Å². The predicted octanol–water partition coefficient (Wildman–Crippen LogP) is 4.11. The Hall–Kier alpha value is -1.19. The van der Waals surface area contributed by atoms with Crippen molar-refractivity contribution in [3.8, 4) is 11.1 Å². The zero-order valence-corrected chi connectivity index (χ0v) is 11.2. The van der Waals surface area contributed by atoms with E-state index in [4.69, 9.17) is 0 Å². The van der Waals surface area contributed by atoms with Gasteiger partial charge < -0.3 is 5.32 Å². The molecule has 1 fully saturated rings. The number of halogens is 1. The van der Waals surface area contributed by atoms with Crippen LogP contribution in [0.15, 0.2) is 29.6 Å². The lowest BCUT2D eigenvalue weighted by atomic mass is 10.0. The van der Waals surface area contributed by atoms with Gasteiger partial charge in [0.2, 0.25) is 0 Å². The zero-order valence-electron chi connectivity index (χ0n) is 10.4. The Labute approximate surface area is 111 Å². The van der Waals surface area contributed by atoms with E-state index >= 15 is 0 Å². The van der Waals surface area contributed by atoms with E-state index in [9.17, 15) is 4.39 Å². The molecule has 1 heterocycles. The topological polar surface area (TPSA) is 12.0 Å². The summed E-state index contributed by atoms with van der Waals surface area (Å²) in [6.45, 7) is 3.05. The molecular weight excluding hydrogens is 245 g/mol. The Morgan fingerprint density at radius 3 is 2.67 bits per heavy atom. The number of thiophene rings is 1. The van der Waals surface area contributed by atoms with Crippen LogP contribution in [0.5, 0.6) is 0 Å². The molecule has 1 N–H and O–H groups in total. The lowest BCUT2D eigenvalue weighted by Crippen LogP contribution is -2.15. The Morgan fingerprint density at radius 2 is 2.00 bits per heavy atom. The fraction of sp³-hybridized carbons (Fsp3) is 0.333. The molecule has 3 rings (SSSR count). The summed E-state index contributed by atoms with van der Waals surface area (Å²) in [7, 11) is 0. The molecule has 0 spiro atoms. The Balaban J connectivity index is 1.88. The molecule has 1 saturated carbocycles. The number of aryl methyl sites for hydroxylation is 1. The molecule has 0 saturated heterocycles. The van der Waals surface area contributed by atoms with Crippen molar-refractivity contribution in [1.82, 2.24) is 5.32 Å². The van der Waals surface area contributed by atoms with Crippen LogP contribution in [-0.2, 0) is 6.54 Å². The van der Waals surface area contributed by atoms with E-state index in [0.717, 1.165) is 12.1 Å². The lowest BCUT2D eigenvalue weighted by molar-refractivity contribution is 0.628. The minimum atomic E-state index is -0.177. The largest absolute Gasteiger partial charge is 0.310 e. The molecule has 94 valence electrons. The second-order valence-electron chi connectivity index (χ2n) is 4.85. The Bertz CT molecular complexity index is 540. The molecule has 0 bridgehead atoms. The molecule has 0 atom stereocenters. The van der Waals surface area contributed by atoms with Crippen LogP contribution >= 0.6 is 11.3 Å². The van der Waals surface area contributed by atoms with Crippen molar-refractivity contribution in [3.63, 3.8) is 0 Å². The van der Waals surface area contributed by atoms with Gasteiger partial charge in [-0.15, -0.1) is 11.3 Å². The first-order chi connectivity index (χ1) is 8.74. The summed E-state index contributed by atoms with van der Waals surface area (Å²) in [4.78, 5) is 1.30. The zero-order chi connectivity index (χ0) is 12.5. The molecule has 0 aliphatic heterocycles. The second-order valence-corrected chi connectivity index (χ2v) is 5.94. The summed E-state index contributed by atoms with van der Waals surface area (Å²) in [5.41, 5.74) is 3.71. The van der Waals surface area contributed by atoms with E-state index < -0.39 is 0 Å². The third-order valence-corrected chi connectivity index (χ3v) is 4.30. The number of hydrogen-bond donors (Lipinski definition) is 1. The van der Waals surface area contributed by atoms with Gasteiger partial charge in [-0.2, -0.15) is 0 Å². The third-order valence-electron chi connectivity index (χ3n) is 3.34. The summed E-state index contributed by atoms with van der Waals surface area (Å²) >= 11 is 1.77. The minimum absolute atomic E-state index is 0.177. The van der Waals surface area contributed by atoms with E-state index in [1.807, 2.05) is 12.1 Å². The van der Waals surface area contributed by atoms with Crippen LogP contribution in [0.1, 0.15) is 23.3 Å². The molecule has 3 heteroatoms. The number of hydrogen-bond acceptors (Lipinski definition) is 2. The highest BCUT2D eigenvalue weighted by Crippen LogP contribution is 2.33. The SMILES string of the molecule is Cc1scc(CNC2CC2)c1-c1ccc(F)cc1. The molecule has 2 aromatic rings. The smallest absolute Gasteiger partial charge is 0.123 e. The quantitative estimate of drug-likeness (QED) is 0.873. The van der Waals surface area contributed by atoms with Gasteiger partial charge in [-0.25, -0.2) is 4.39 Å². The van der Waals surface area contributed by atoms with Crippen molar-refractivity contribution in [2.45, 2.75) is 32.4 Å². The van der Waals surface area contributed by atoms with Crippen LogP contribution in [-0.4, -0.2) is 6.04 Å². The highest BCUT2D eigenvalue weighted by molar-refractivity contribution is 7.10. The first kappa shape index (κ1) is 11.9. The van der Waals surface area contributed by atoms with E-state index in [0.29, 0.717) is 6.04 Å². The monoisotopic (exact) mass is 261 g/mol. The molecule has 18 heavy (non-hydrogen) atoms. The third kappa shape index (κ3) is 2.47. The number of nitrogens with one attached hydrogen (secondary N) is 1. The van der Waals surface area contributed by atoms with Gasteiger partial charge in [0.1, 0.15) is 5.82 Å². The van der Waals surface area contributed by atoms with Crippen molar-refractivity contribution >= 4 is 11.3 Å². The Kier molecular flexibility index (Phi) is 3.18. The summed E-state index contributed by atoms with van der Waals surface area (Å²) in [6.07, 6.45) is 2.60. The first-order valence-corrected chi connectivity index (χ1v) is 7.18. The fourth-order valence-electron chi connectivity index (χ4n) is 2.18. The maximum absolute atomic E-state index is 13.0. The van der Waals surface area contributed by atoms with Gasteiger partial charge in [-0.1, -0.05) is 12.1 Å². The molecule has 1 aromatic heterocycles. The molecule has 1 aliphatic rings. The van der Waals surface area contributed by atoms with Crippen LogP contribution in [0, 0.1) is 12.7 Å². The van der Waals surface area contributed by atoms with E-state index in [1.165, 1.54) is 41.0 Å². The predicted molar refractivity (Wildman–Crippen MR) is 74.3 cm³/mol. The normalized spacial score (nSPS) is 15.0. The van der Waals surface area contributed by atoms with Crippen LogP contribution < -0.4 is 5.32 Å². The average molecular weight is 261 g/mol. The molecule has 0 unspecified atom stereocenters. The molecule has 1 aliphatic carbocycles. The fourth-order valence-corrected chi connectivity index (χ4v) is 3.07. The highest BCUT2D eigenvalue weighted by atomic mass is 32.1. The van der Waals surface area contributed by atoms with Gasteiger partial charge in [0, 0.05) is 17.5 Å². The van der Waals surface area contributed by atoms with Crippen LogP contribution in [0.25, 0.3) is 11.1 Å². The molecule has 1 aromatic carbocycles. The standard InChI is InChI=1S/C15H16FNS/c1-10-15(11-2-4-13(16)5-3-11)12(9-18-10)8-17-14-6-7-14/h2-5,9,14,17H,6-8H2,1H3. The summed E-state index contributed by atoms with van der Waals surface area (Å²) < 4.78 is 13.0. The Morgan fingerprint density at radius 1 is 1.28 bits per heavy atom. The van der Waals surface area contributed by atoms with Crippen molar-refractivity contribution < 1.29 is 4.39 Å². The van der Waals surface area contributed by atoms with Crippen LogP contribution in [0.4, 0.5) is 4.39 Å². The average Bonchev–Trinajstić information content (AvgIpc) is 3.12. The van der Waals surface area contributed by atoms with Gasteiger partial charge in [0.25, 0.3) is 0 Å². The lowest BCUT2D eigenvalue weighted by Gasteiger charge is -2.07. The van der Waals surface area contributed by atoms with Crippen LogP contribution in [0.2, 0.25) is 0 Å². The molecular formula is C15H16FNS. The first-order valence-electron chi connectivity index (χ1n) is 6.30. The summed E-state index contributed by atoms with van der Waals surface area (Å²) in [6, 6.07) is 7.51.